The van der Waals surface area contributed by atoms with Crippen molar-refractivity contribution >= 4 is 17.6 Å². The van der Waals surface area contributed by atoms with Gasteiger partial charge >= 0.3 is 0 Å². The van der Waals surface area contributed by atoms with Gasteiger partial charge in [0.1, 0.15) is 24.2 Å². The number of para-hydroxylation sites is 1. The Balaban J connectivity index is 1.65. The highest BCUT2D eigenvalue weighted by Crippen LogP contribution is 2.26. The summed E-state index contributed by atoms with van der Waals surface area (Å²) in [6, 6.07) is 7.62. The molecule has 2 aromatic rings. The number of aliphatic imine (C=N–C) groups is 1. The van der Waals surface area contributed by atoms with E-state index in [0.717, 1.165) is 62.3 Å². The van der Waals surface area contributed by atoms with E-state index >= 15 is 0 Å². The van der Waals surface area contributed by atoms with Crippen LogP contribution < -0.4 is 10.1 Å². The van der Waals surface area contributed by atoms with Crippen molar-refractivity contribution in [2.45, 2.75) is 45.8 Å². The van der Waals surface area contributed by atoms with Crippen LogP contribution >= 0.6 is 11.6 Å². The minimum Gasteiger partial charge on any atom is -0.487 e. The third-order valence-corrected chi connectivity index (χ3v) is 5.25. The van der Waals surface area contributed by atoms with Crippen LogP contribution in [0.3, 0.4) is 0 Å². The molecule has 3 rings (SSSR count). The summed E-state index contributed by atoms with van der Waals surface area (Å²) in [5.74, 6) is 3.39. The lowest BCUT2D eigenvalue weighted by atomic mass is 10.3. The van der Waals surface area contributed by atoms with Crippen molar-refractivity contribution in [1.82, 2.24) is 25.0 Å². The fourth-order valence-corrected chi connectivity index (χ4v) is 3.30. The van der Waals surface area contributed by atoms with Gasteiger partial charge in [-0.05, 0) is 25.5 Å². The van der Waals surface area contributed by atoms with Crippen LogP contribution in [0.5, 0.6) is 5.75 Å². The van der Waals surface area contributed by atoms with E-state index in [2.05, 4.69) is 27.3 Å². The van der Waals surface area contributed by atoms with Gasteiger partial charge in [-0.15, -0.1) is 10.2 Å². The number of aromatic nitrogens is 3. The second kappa shape index (κ2) is 9.78. The molecule has 1 atom stereocenters. The molecular formula is C20H29ClN6O. The molecule has 0 bridgehead atoms. The zero-order chi connectivity index (χ0) is 19.9. The lowest BCUT2D eigenvalue weighted by Gasteiger charge is -2.22. The molecule has 1 saturated heterocycles. The number of rotatable bonds is 7. The molecule has 8 heteroatoms. The predicted octanol–water partition coefficient (Wildman–Crippen LogP) is 3.18. The van der Waals surface area contributed by atoms with Crippen molar-refractivity contribution in [3.8, 4) is 5.75 Å². The number of nitrogens with zero attached hydrogens (tertiary/aromatic N) is 5. The highest BCUT2D eigenvalue weighted by atomic mass is 35.5. The summed E-state index contributed by atoms with van der Waals surface area (Å²) in [6.07, 6.45) is 3.27. The van der Waals surface area contributed by atoms with Gasteiger partial charge in [-0.25, -0.2) is 4.99 Å². The molecule has 1 aromatic carbocycles. The monoisotopic (exact) mass is 404 g/mol. The average Bonchev–Trinajstić information content (AvgIpc) is 3.28. The van der Waals surface area contributed by atoms with E-state index < -0.39 is 0 Å². The van der Waals surface area contributed by atoms with Crippen molar-refractivity contribution in [3.63, 3.8) is 0 Å². The van der Waals surface area contributed by atoms with Crippen molar-refractivity contribution in [2.75, 3.05) is 19.6 Å². The minimum atomic E-state index is 0.0927. The SMILES string of the molecule is CCCCNC(=NCc1nnc(C)n1C)N1CCC(Oc2ccccc2Cl)C1. The number of hydrogen-bond donors (Lipinski definition) is 1. The molecule has 1 aromatic heterocycles. The van der Waals surface area contributed by atoms with Gasteiger partial charge in [0.15, 0.2) is 11.8 Å². The Morgan fingerprint density at radius 2 is 2.18 bits per heavy atom. The first kappa shape index (κ1) is 20.5. The normalized spacial score (nSPS) is 17.2. The minimum absolute atomic E-state index is 0.0927. The number of ether oxygens (including phenoxy) is 1. The third-order valence-electron chi connectivity index (χ3n) is 4.94. The van der Waals surface area contributed by atoms with E-state index in [4.69, 9.17) is 21.3 Å². The smallest absolute Gasteiger partial charge is 0.194 e. The van der Waals surface area contributed by atoms with E-state index in [0.29, 0.717) is 11.6 Å². The molecular weight excluding hydrogens is 376 g/mol. The molecule has 1 aliphatic heterocycles. The molecule has 0 aliphatic carbocycles. The van der Waals surface area contributed by atoms with E-state index in [1.165, 1.54) is 0 Å². The number of unbranched alkanes of at least 4 members (excludes halogenated alkanes) is 1. The first-order chi connectivity index (χ1) is 13.6. The maximum atomic E-state index is 6.23. The van der Waals surface area contributed by atoms with E-state index in [-0.39, 0.29) is 6.10 Å². The van der Waals surface area contributed by atoms with E-state index in [1.54, 1.807) is 0 Å². The summed E-state index contributed by atoms with van der Waals surface area (Å²) in [7, 11) is 1.97. The van der Waals surface area contributed by atoms with Gasteiger partial charge in [0, 0.05) is 26.6 Å². The molecule has 152 valence electrons. The van der Waals surface area contributed by atoms with Gasteiger partial charge in [-0.1, -0.05) is 37.1 Å². The molecule has 7 nitrogen and oxygen atoms in total. The Labute approximate surface area is 171 Å². The summed E-state index contributed by atoms with van der Waals surface area (Å²) in [5.41, 5.74) is 0. The van der Waals surface area contributed by atoms with Crippen LogP contribution in [0.1, 0.15) is 37.8 Å². The first-order valence-electron chi connectivity index (χ1n) is 9.87. The van der Waals surface area contributed by atoms with Gasteiger partial charge in [0.05, 0.1) is 11.6 Å². The molecule has 0 radical (unpaired) electrons. The zero-order valence-corrected chi connectivity index (χ0v) is 17.6. The van der Waals surface area contributed by atoms with Crippen molar-refractivity contribution in [2.24, 2.45) is 12.0 Å². The Hall–Kier alpha value is -2.28. The second-order valence-corrected chi connectivity index (χ2v) is 7.45. The van der Waals surface area contributed by atoms with Crippen LogP contribution in [0.15, 0.2) is 29.3 Å². The van der Waals surface area contributed by atoms with Crippen LogP contribution in [0.2, 0.25) is 5.02 Å². The summed E-state index contributed by atoms with van der Waals surface area (Å²) < 4.78 is 8.09. The lowest BCUT2D eigenvalue weighted by Crippen LogP contribution is -2.41. The van der Waals surface area contributed by atoms with Crippen molar-refractivity contribution in [1.29, 1.82) is 0 Å². The highest BCUT2D eigenvalue weighted by Gasteiger charge is 2.27. The molecule has 1 N–H and O–H groups in total. The largest absolute Gasteiger partial charge is 0.487 e. The van der Waals surface area contributed by atoms with Gasteiger partial charge in [-0.2, -0.15) is 0 Å². The fraction of sp³-hybridized carbons (Fsp3) is 0.550. The highest BCUT2D eigenvalue weighted by molar-refractivity contribution is 6.32. The predicted molar refractivity (Wildman–Crippen MR) is 112 cm³/mol. The van der Waals surface area contributed by atoms with Crippen LogP contribution in [0, 0.1) is 6.92 Å². The third kappa shape index (κ3) is 5.16. The van der Waals surface area contributed by atoms with Crippen LogP contribution in [0.4, 0.5) is 0 Å². The summed E-state index contributed by atoms with van der Waals surface area (Å²) in [5, 5.41) is 12.5. The maximum Gasteiger partial charge on any atom is 0.194 e. The van der Waals surface area contributed by atoms with Crippen LogP contribution in [0.25, 0.3) is 0 Å². The van der Waals surface area contributed by atoms with Gasteiger partial charge in [0.2, 0.25) is 0 Å². The number of halogens is 1. The number of likely N-dealkylation sites (tertiary alicyclic amines) is 1. The summed E-state index contributed by atoms with van der Waals surface area (Å²) in [4.78, 5) is 7.06. The Morgan fingerprint density at radius 3 is 2.89 bits per heavy atom. The maximum absolute atomic E-state index is 6.23. The topological polar surface area (TPSA) is 67.6 Å². The van der Waals surface area contributed by atoms with Gasteiger partial charge in [0.25, 0.3) is 0 Å². The van der Waals surface area contributed by atoms with E-state index in [9.17, 15) is 0 Å². The Kier molecular flexibility index (Phi) is 7.14. The first-order valence-corrected chi connectivity index (χ1v) is 10.3. The Bertz CT molecular complexity index is 806. The van der Waals surface area contributed by atoms with Crippen LogP contribution in [-0.4, -0.2) is 51.4 Å². The molecule has 0 saturated carbocycles. The fourth-order valence-electron chi connectivity index (χ4n) is 3.12. The molecule has 2 heterocycles. The summed E-state index contributed by atoms with van der Waals surface area (Å²) in [6.45, 7) is 7.20. The Morgan fingerprint density at radius 1 is 1.36 bits per heavy atom. The number of nitrogens with one attached hydrogen (secondary N) is 1. The lowest BCUT2D eigenvalue weighted by molar-refractivity contribution is 0.214. The van der Waals surface area contributed by atoms with Gasteiger partial charge in [-0.3, -0.25) is 0 Å². The average molecular weight is 405 g/mol. The van der Waals surface area contributed by atoms with Crippen LogP contribution in [-0.2, 0) is 13.6 Å². The van der Waals surface area contributed by atoms with Gasteiger partial charge < -0.3 is 19.5 Å². The number of benzene rings is 1. The van der Waals surface area contributed by atoms with Crippen molar-refractivity contribution in [3.05, 3.63) is 40.9 Å². The molecule has 0 amide bonds. The van der Waals surface area contributed by atoms with Crippen molar-refractivity contribution < 1.29 is 4.74 Å². The zero-order valence-electron chi connectivity index (χ0n) is 16.9. The number of hydrogen-bond acceptors (Lipinski definition) is 4. The number of aryl methyl sites for hydroxylation is 1. The standard InChI is InChI=1S/C20H29ClN6O/c1-4-5-11-22-20(23-13-19-25-24-15(2)26(19)3)27-12-10-16(14-27)28-18-9-7-6-8-17(18)21/h6-9,16H,4-5,10-14H2,1-3H3,(H,22,23). The molecule has 28 heavy (non-hydrogen) atoms. The van der Waals surface area contributed by atoms with E-state index in [1.807, 2.05) is 42.8 Å². The molecule has 1 aliphatic rings. The molecule has 1 unspecified atom stereocenters. The number of guanidine groups is 1. The molecule has 0 spiro atoms. The summed E-state index contributed by atoms with van der Waals surface area (Å²) >= 11 is 6.23. The molecule has 1 fully saturated rings. The quantitative estimate of drug-likeness (QED) is 0.436. The second-order valence-electron chi connectivity index (χ2n) is 7.05.